The molecule has 4 rings (SSSR count). The number of nitrogens with zero attached hydrogens (tertiary/aromatic N) is 3. The van der Waals surface area contributed by atoms with E-state index in [1.165, 1.54) is 0 Å². The van der Waals surface area contributed by atoms with Gasteiger partial charge in [-0.05, 0) is 18.2 Å². The number of fused-ring (bicyclic) bond motifs is 1. The third-order valence-electron chi connectivity index (χ3n) is 3.84. The summed E-state index contributed by atoms with van der Waals surface area (Å²) in [5.41, 5.74) is 10.7. The van der Waals surface area contributed by atoms with Crippen LogP contribution in [0.3, 0.4) is 0 Å². The van der Waals surface area contributed by atoms with Gasteiger partial charge in [0.25, 0.3) is 0 Å². The van der Waals surface area contributed by atoms with E-state index in [1.54, 1.807) is 16.9 Å². The van der Waals surface area contributed by atoms with Crippen LogP contribution >= 0.6 is 35.6 Å². The molecule has 0 spiro atoms. The van der Waals surface area contributed by atoms with Gasteiger partial charge >= 0.3 is 0 Å². The summed E-state index contributed by atoms with van der Waals surface area (Å²) in [4.78, 5) is 4.45. The molecular formula is C18H13Cl3N4. The summed E-state index contributed by atoms with van der Waals surface area (Å²) in [6.45, 7) is 0. The van der Waals surface area contributed by atoms with Gasteiger partial charge in [-0.2, -0.15) is 5.10 Å². The van der Waals surface area contributed by atoms with Crippen LogP contribution in [0, 0.1) is 0 Å². The van der Waals surface area contributed by atoms with Gasteiger partial charge in [-0.1, -0.05) is 53.5 Å². The van der Waals surface area contributed by atoms with E-state index in [0.717, 1.165) is 22.4 Å². The van der Waals surface area contributed by atoms with E-state index in [2.05, 4.69) is 10.1 Å². The van der Waals surface area contributed by atoms with Crippen molar-refractivity contribution in [2.45, 2.75) is 0 Å². The number of anilines is 1. The number of hydrogen-bond donors (Lipinski definition) is 1. The molecule has 2 aromatic carbocycles. The van der Waals surface area contributed by atoms with Crippen LogP contribution in [0.5, 0.6) is 0 Å². The van der Waals surface area contributed by atoms with Crippen molar-refractivity contribution in [2.75, 3.05) is 5.73 Å². The molecule has 0 aliphatic rings. The van der Waals surface area contributed by atoms with Crippen molar-refractivity contribution in [3.05, 3.63) is 71.0 Å². The first-order valence-electron chi connectivity index (χ1n) is 7.28. The fourth-order valence-electron chi connectivity index (χ4n) is 2.71. The van der Waals surface area contributed by atoms with Crippen molar-refractivity contribution < 1.29 is 0 Å². The first kappa shape index (κ1) is 17.5. The zero-order chi connectivity index (χ0) is 16.7. The molecule has 0 unspecified atom stereocenters. The standard InChI is InChI=1S/C18H12Cl2N4.ClH/c19-12-7-5-11(6-8-12)17-14(13-3-1-2-4-15(13)20)9-22-18-16(21)10-23-24(17)18;/h1-10H,21H2;1H. The molecule has 0 atom stereocenters. The molecular weight excluding hydrogens is 379 g/mol. The average Bonchev–Trinajstić information content (AvgIpc) is 2.97. The molecule has 0 aliphatic carbocycles. The van der Waals surface area contributed by atoms with Gasteiger partial charge in [-0.3, -0.25) is 0 Å². The zero-order valence-electron chi connectivity index (χ0n) is 12.9. The van der Waals surface area contributed by atoms with Crippen LogP contribution in [0.25, 0.3) is 28.0 Å². The number of nitrogens with two attached hydrogens (primary N) is 1. The highest BCUT2D eigenvalue weighted by atomic mass is 35.5. The summed E-state index contributed by atoms with van der Waals surface area (Å²) in [7, 11) is 0. The molecule has 0 saturated carbocycles. The third kappa shape index (κ3) is 3.04. The fraction of sp³-hybridized carbons (Fsp3) is 0. The minimum Gasteiger partial charge on any atom is -0.394 e. The molecule has 2 aromatic heterocycles. The average molecular weight is 392 g/mol. The lowest BCUT2D eigenvalue weighted by Crippen LogP contribution is -2.00. The van der Waals surface area contributed by atoms with E-state index in [1.807, 2.05) is 48.5 Å². The third-order valence-corrected chi connectivity index (χ3v) is 4.42. The summed E-state index contributed by atoms with van der Waals surface area (Å²) in [5.74, 6) is 0. The molecule has 0 saturated heterocycles. The van der Waals surface area contributed by atoms with Crippen molar-refractivity contribution in [1.29, 1.82) is 0 Å². The highest BCUT2D eigenvalue weighted by Gasteiger charge is 2.17. The van der Waals surface area contributed by atoms with Crippen LogP contribution in [0.15, 0.2) is 60.9 Å². The minimum absolute atomic E-state index is 0. The number of aromatic nitrogens is 3. The molecule has 126 valence electrons. The van der Waals surface area contributed by atoms with Crippen LogP contribution in [0.1, 0.15) is 0 Å². The van der Waals surface area contributed by atoms with Crippen molar-refractivity contribution >= 4 is 46.9 Å². The Hall–Kier alpha value is -2.27. The van der Waals surface area contributed by atoms with Crippen molar-refractivity contribution in [3.63, 3.8) is 0 Å². The van der Waals surface area contributed by atoms with Crippen molar-refractivity contribution in [1.82, 2.24) is 14.6 Å². The molecule has 0 aliphatic heterocycles. The molecule has 0 radical (unpaired) electrons. The Morgan fingerprint density at radius 1 is 0.880 bits per heavy atom. The van der Waals surface area contributed by atoms with E-state index in [0.29, 0.717) is 21.4 Å². The summed E-state index contributed by atoms with van der Waals surface area (Å²) < 4.78 is 1.73. The monoisotopic (exact) mass is 390 g/mol. The second-order valence-corrected chi connectivity index (χ2v) is 6.19. The van der Waals surface area contributed by atoms with Gasteiger partial charge in [-0.15, -0.1) is 12.4 Å². The van der Waals surface area contributed by atoms with Crippen LogP contribution in [0.2, 0.25) is 10.0 Å². The van der Waals surface area contributed by atoms with Crippen LogP contribution in [0.4, 0.5) is 5.69 Å². The predicted octanol–water partition coefficient (Wildman–Crippen LogP) is 5.37. The number of nitrogen functional groups attached to an aromatic ring is 1. The molecule has 4 aromatic rings. The molecule has 2 N–H and O–H groups in total. The molecule has 2 heterocycles. The van der Waals surface area contributed by atoms with Crippen LogP contribution in [-0.4, -0.2) is 14.6 Å². The molecule has 25 heavy (non-hydrogen) atoms. The molecule has 4 nitrogen and oxygen atoms in total. The maximum Gasteiger partial charge on any atom is 0.178 e. The summed E-state index contributed by atoms with van der Waals surface area (Å²) in [5, 5.41) is 5.70. The Morgan fingerprint density at radius 3 is 2.32 bits per heavy atom. The normalized spacial score (nSPS) is 10.6. The maximum absolute atomic E-state index is 6.40. The lowest BCUT2D eigenvalue weighted by atomic mass is 10.0. The Morgan fingerprint density at radius 2 is 1.60 bits per heavy atom. The lowest BCUT2D eigenvalue weighted by molar-refractivity contribution is 0.950. The molecule has 7 heteroatoms. The van der Waals surface area contributed by atoms with E-state index in [9.17, 15) is 0 Å². The van der Waals surface area contributed by atoms with Crippen molar-refractivity contribution in [3.8, 4) is 22.4 Å². The van der Waals surface area contributed by atoms with E-state index < -0.39 is 0 Å². The number of hydrogen-bond acceptors (Lipinski definition) is 3. The number of benzene rings is 2. The number of halogens is 3. The van der Waals surface area contributed by atoms with E-state index in [4.69, 9.17) is 28.9 Å². The predicted molar refractivity (Wildman–Crippen MR) is 106 cm³/mol. The number of rotatable bonds is 2. The Labute approximate surface area is 160 Å². The van der Waals surface area contributed by atoms with E-state index in [-0.39, 0.29) is 12.4 Å². The lowest BCUT2D eigenvalue weighted by Gasteiger charge is -2.13. The highest BCUT2D eigenvalue weighted by molar-refractivity contribution is 6.33. The Bertz CT molecular complexity index is 1040. The largest absolute Gasteiger partial charge is 0.394 e. The van der Waals surface area contributed by atoms with E-state index >= 15 is 0 Å². The summed E-state index contributed by atoms with van der Waals surface area (Å²) in [6, 6.07) is 15.2. The van der Waals surface area contributed by atoms with Gasteiger partial charge in [0, 0.05) is 32.9 Å². The van der Waals surface area contributed by atoms with Crippen molar-refractivity contribution in [2.24, 2.45) is 0 Å². The quantitative estimate of drug-likeness (QED) is 0.499. The molecule has 0 fully saturated rings. The Kier molecular flexibility index (Phi) is 4.86. The smallest absolute Gasteiger partial charge is 0.178 e. The molecule has 0 bridgehead atoms. The van der Waals surface area contributed by atoms with Gasteiger partial charge in [-0.25, -0.2) is 9.50 Å². The minimum atomic E-state index is 0. The fourth-order valence-corrected chi connectivity index (χ4v) is 3.07. The zero-order valence-corrected chi connectivity index (χ0v) is 15.2. The summed E-state index contributed by atoms with van der Waals surface area (Å²) in [6.07, 6.45) is 3.37. The second-order valence-electron chi connectivity index (χ2n) is 5.34. The van der Waals surface area contributed by atoms with Gasteiger partial charge < -0.3 is 5.73 Å². The maximum atomic E-state index is 6.40. The molecule has 0 amide bonds. The van der Waals surface area contributed by atoms with Gasteiger partial charge in [0.05, 0.1) is 17.6 Å². The van der Waals surface area contributed by atoms with Gasteiger partial charge in [0.15, 0.2) is 5.65 Å². The van der Waals surface area contributed by atoms with Crippen LogP contribution < -0.4 is 5.73 Å². The Balaban J connectivity index is 0.00000182. The van der Waals surface area contributed by atoms with Gasteiger partial charge in [0.2, 0.25) is 0 Å². The van der Waals surface area contributed by atoms with Crippen LogP contribution in [-0.2, 0) is 0 Å². The topological polar surface area (TPSA) is 56.2 Å². The first-order chi connectivity index (χ1) is 11.6. The second kappa shape index (κ2) is 6.92. The highest BCUT2D eigenvalue weighted by Crippen LogP contribution is 2.36. The first-order valence-corrected chi connectivity index (χ1v) is 8.04. The SMILES string of the molecule is Cl.Nc1cnn2c(-c3ccc(Cl)cc3)c(-c3ccccc3Cl)cnc12. The van der Waals surface area contributed by atoms with Gasteiger partial charge in [0.1, 0.15) is 0 Å². The summed E-state index contributed by atoms with van der Waals surface area (Å²) >= 11 is 12.4.